The highest BCUT2D eigenvalue weighted by molar-refractivity contribution is 5.51. The Bertz CT molecular complexity index is 234. The highest BCUT2D eigenvalue weighted by Crippen LogP contribution is 2.06. The predicted molar refractivity (Wildman–Crippen MR) is 51.6 cm³/mol. The summed E-state index contributed by atoms with van der Waals surface area (Å²) in [5.41, 5.74) is 11.6. The molecule has 0 bridgehead atoms. The first kappa shape index (κ1) is 10.7. The van der Waals surface area contributed by atoms with Gasteiger partial charge in [-0.05, 0) is 6.42 Å². The van der Waals surface area contributed by atoms with E-state index >= 15 is 0 Å². The predicted octanol–water partition coefficient (Wildman–Crippen LogP) is 1.23. The van der Waals surface area contributed by atoms with Crippen LogP contribution in [-0.2, 0) is 6.42 Å². The van der Waals surface area contributed by atoms with Gasteiger partial charge in [0.25, 0.3) is 0 Å². The zero-order valence-corrected chi connectivity index (χ0v) is 7.83. The molecule has 68 valence electrons. The molecule has 4 heteroatoms. The van der Waals surface area contributed by atoms with Crippen LogP contribution in [0.4, 0.5) is 11.6 Å². The van der Waals surface area contributed by atoms with Crippen LogP contribution in [0, 0.1) is 0 Å². The van der Waals surface area contributed by atoms with Crippen molar-refractivity contribution in [3.63, 3.8) is 0 Å². The van der Waals surface area contributed by atoms with Crippen LogP contribution in [0.25, 0.3) is 0 Å². The van der Waals surface area contributed by atoms with Crippen molar-refractivity contribution in [3.05, 3.63) is 11.9 Å². The summed E-state index contributed by atoms with van der Waals surface area (Å²) in [5, 5.41) is 0. The van der Waals surface area contributed by atoms with Crippen LogP contribution in [0.1, 0.15) is 26.5 Å². The maximum Gasteiger partial charge on any atom is 0.166 e. The van der Waals surface area contributed by atoms with Gasteiger partial charge < -0.3 is 11.5 Å². The number of aryl methyl sites for hydroxylation is 1. The Morgan fingerprint density at radius 1 is 1.25 bits per heavy atom. The van der Waals surface area contributed by atoms with E-state index in [0.717, 1.165) is 12.1 Å². The molecule has 12 heavy (non-hydrogen) atoms. The van der Waals surface area contributed by atoms with Gasteiger partial charge >= 0.3 is 0 Å². The van der Waals surface area contributed by atoms with Gasteiger partial charge in [0.1, 0.15) is 0 Å². The van der Waals surface area contributed by atoms with Crippen molar-refractivity contribution in [1.82, 2.24) is 9.97 Å². The Morgan fingerprint density at radius 3 is 2.25 bits per heavy atom. The SMILES string of the molecule is CC.CCc1cnc(N)c(N)n1. The van der Waals surface area contributed by atoms with Gasteiger partial charge in [-0.1, -0.05) is 20.8 Å². The van der Waals surface area contributed by atoms with Gasteiger partial charge in [0.2, 0.25) is 0 Å². The summed E-state index contributed by atoms with van der Waals surface area (Å²) >= 11 is 0. The summed E-state index contributed by atoms with van der Waals surface area (Å²) in [5.74, 6) is 0.622. The van der Waals surface area contributed by atoms with Gasteiger partial charge in [-0.2, -0.15) is 0 Å². The Labute approximate surface area is 73.0 Å². The van der Waals surface area contributed by atoms with E-state index in [1.165, 1.54) is 0 Å². The van der Waals surface area contributed by atoms with E-state index in [0.29, 0.717) is 11.6 Å². The van der Waals surface area contributed by atoms with Crippen molar-refractivity contribution >= 4 is 11.6 Å². The summed E-state index contributed by atoms with van der Waals surface area (Å²) in [4.78, 5) is 7.82. The molecule has 4 N–H and O–H groups in total. The van der Waals surface area contributed by atoms with Crippen molar-refractivity contribution in [3.8, 4) is 0 Å². The number of aromatic nitrogens is 2. The van der Waals surface area contributed by atoms with Gasteiger partial charge in [0.05, 0.1) is 11.9 Å². The van der Waals surface area contributed by atoms with E-state index in [1.54, 1.807) is 6.20 Å². The molecule has 0 aromatic carbocycles. The maximum atomic E-state index is 5.40. The lowest BCUT2D eigenvalue weighted by Gasteiger charge is -1.98. The van der Waals surface area contributed by atoms with Crippen LogP contribution >= 0.6 is 0 Å². The lowest BCUT2D eigenvalue weighted by molar-refractivity contribution is 1.01. The topological polar surface area (TPSA) is 77.8 Å². The molecule has 1 aromatic rings. The monoisotopic (exact) mass is 168 g/mol. The second-order valence-corrected chi connectivity index (χ2v) is 1.99. The third-order valence-corrected chi connectivity index (χ3v) is 1.24. The standard InChI is InChI=1S/C6H10N4.C2H6/c1-2-4-3-9-5(7)6(8)10-4;1-2/h3H,2H2,1H3,(H2,7,9)(H2,8,10);1-2H3. The number of nitrogen functional groups attached to an aromatic ring is 2. The normalized spacial score (nSPS) is 8.58. The second-order valence-electron chi connectivity index (χ2n) is 1.99. The Kier molecular flexibility index (Phi) is 4.76. The first-order valence-electron chi connectivity index (χ1n) is 4.11. The number of hydrogen-bond donors (Lipinski definition) is 2. The molecule has 0 radical (unpaired) electrons. The fourth-order valence-electron chi connectivity index (χ4n) is 0.621. The molecular formula is C8H16N4. The van der Waals surface area contributed by atoms with Crippen LogP contribution in [0.3, 0.4) is 0 Å². The average Bonchev–Trinajstić information content (AvgIpc) is 2.13. The fraction of sp³-hybridized carbons (Fsp3) is 0.500. The molecular weight excluding hydrogens is 152 g/mol. The number of anilines is 2. The molecule has 0 unspecified atom stereocenters. The summed E-state index contributed by atoms with van der Waals surface area (Å²) in [6.45, 7) is 5.99. The molecule has 4 nitrogen and oxygen atoms in total. The smallest absolute Gasteiger partial charge is 0.166 e. The van der Waals surface area contributed by atoms with Gasteiger partial charge in [0, 0.05) is 0 Å². The number of nitrogens with two attached hydrogens (primary N) is 2. The Morgan fingerprint density at radius 2 is 1.83 bits per heavy atom. The minimum absolute atomic E-state index is 0.303. The molecule has 0 atom stereocenters. The van der Waals surface area contributed by atoms with Crippen LogP contribution < -0.4 is 11.5 Å². The van der Waals surface area contributed by atoms with Crippen molar-refractivity contribution in [2.75, 3.05) is 11.5 Å². The zero-order chi connectivity index (χ0) is 9.56. The minimum atomic E-state index is 0.303. The molecule has 0 saturated carbocycles. The Balaban J connectivity index is 0.000000561. The van der Waals surface area contributed by atoms with Gasteiger partial charge in [-0.3, -0.25) is 0 Å². The maximum absolute atomic E-state index is 5.40. The highest BCUT2D eigenvalue weighted by Gasteiger charge is 1.96. The zero-order valence-electron chi connectivity index (χ0n) is 7.83. The van der Waals surface area contributed by atoms with Crippen molar-refractivity contribution in [1.29, 1.82) is 0 Å². The van der Waals surface area contributed by atoms with E-state index < -0.39 is 0 Å². The number of hydrogen-bond acceptors (Lipinski definition) is 4. The summed E-state index contributed by atoms with van der Waals surface area (Å²) < 4.78 is 0. The summed E-state index contributed by atoms with van der Waals surface area (Å²) in [6, 6.07) is 0. The van der Waals surface area contributed by atoms with Crippen molar-refractivity contribution in [2.45, 2.75) is 27.2 Å². The van der Waals surface area contributed by atoms with E-state index in [9.17, 15) is 0 Å². The van der Waals surface area contributed by atoms with Crippen LogP contribution in [-0.4, -0.2) is 9.97 Å². The molecule has 0 spiro atoms. The minimum Gasteiger partial charge on any atom is -0.381 e. The molecule has 0 fully saturated rings. The fourth-order valence-corrected chi connectivity index (χ4v) is 0.621. The molecule has 0 amide bonds. The number of nitrogens with zero attached hydrogens (tertiary/aromatic N) is 2. The van der Waals surface area contributed by atoms with E-state index in [-0.39, 0.29) is 0 Å². The summed E-state index contributed by atoms with van der Waals surface area (Å²) in [7, 11) is 0. The van der Waals surface area contributed by atoms with E-state index in [2.05, 4.69) is 9.97 Å². The molecule has 1 rings (SSSR count). The molecule has 0 aliphatic carbocycles. The van der Waals surface area contributed by atoms with Crippen LogP contribution in [0.15, 0.2) is 6.20 Å². The van der Waals surface area contributed by atoms with Crippen LogP contribution in [0.5, 0.6) is 0 Å². The molecule has 1 heterocycles. The van der Waals surface area contributed by atoms with Crippen LogP contribution in [0.2, 0.25) is 0 Å². The molecule has 0 aliphatic rings. The largest absolute Gasteiger partial charge is 0.381 e. The van der Waals surface area contributed by atoms with Crippen molar-refractivity contribution in [2.24, 2.45) is 0 Å². The third-order valence-electron chi connectivity index (χ3n) is 1.24. The molecule has 0 saturated heterocycles. The van der Waals surface area contributed by atoms with Crippen molar-refractivity contribution < 1.29 is 0 Å². The highest BCUT2D eigenvalue weighted by atomic mass is 15.0. The van der Waals surface area contributed by atoms with E-state index in [4.69, 9.17) is 11.5 Å². The third kappa shape index (κ3) is 2.74. The van der Waals surface area contributed by atoms with Gasteiger partial charge in [-0.15, -0.1) is 0 Å². The summed E-state index contributed by atoms with van der Waals surface area (Å²) in [6.07, 6.45) is 2.46. The van der Waals surface area contributed by atoms with E-state index in [1.807, 2.05) is 20.8 Å². The lowest BCUT2D eigenvalue weighted by atomic mass is 10.3. The molecule has 1 aromatic heterocycles. The lowest BCUT2D eigenvalue weighted by Crippen LogP contribution is -2.02. The number of rotatable bonds is 1. The van der Waals surface area contributed by atoms with Gasteiger partial charge in [-0.25, -0.2) is 9.97 Å². The van der Waals surface area contributed by atoms with Gasteiger partial charge in [0.15, 0.2) is 11.6 Å². The quantitative estimate of drug-likeness (QED) is 0.661. The molecule has 0 aliphatic heterocycles. The average molecular weight is 168 g/mol. The first-order chi connectivity index (χ1) is 5.74. The Hall–Kier alpha value is -1.32. The first-order valence-corrected chi connectivity index (χ1v) is 4.11. The second kappa shape index (κ2) is 5.35.